The van der Waals surface area contributed by atoms with Crippen LogP contribution in [0.5, 0.6) is 5.75 Å². The fraction of sp³-hybridized carbons (Fsp3) is 0. The lowest BCUT2D eigenvalue weighted by atomic mass is 10.0. The van der Waals surface area contributed by atoms with Crippen molar-refractivity contribution >= 4 is 34.9 Å². The molecule has 0 aliphatic heterocycles. The number of aromatic hydroxyl groups is 1. The summed E-state index contributed by atoms with van der Waals surface area (Å²) in [5, 5.41) is 32.3. The standard InChI is InChI=1S/C14H9ClN2O6/c15-7-4-5-9(11(18)6-7)16-13(19)12-8(14(20)21)2-1-3-10(12)17(22)23/h1-6,18H,(H,16,19)(H,20,21). The van der Waals surface area contributed by atoms with Crippen LogP contribution in [0.15, 0.2) is 36.4 Å². The van der Waals surface area contributed by atoms with Gasteiger partial charge in [-0.15, -0.1) is 0 Å². The van der Waals surface area contributed by atoms with Crippen LogP contribution >= 0.6 is 11.6 Å². The molecule has 2 aromatic carbocycles. The molecule has 0 aliphatic carbocycles. The van der Waals surface area contributed by atoms with Gasteiger partial charge in [-0.3, -0.25) is 14.9 Å². The van der Waals surface area contributed by atoms with Crippen molar-refractivity contribution in [3.05, 3.63) is 62.7 Å². The van der Waals surface area contributed by atoms with Crippen molar-refractivity contribution in [1.82, 2.24) is 0 Å². The molecule has 2 rings (SSSR count). The Morgan fingerprint density at radius 3 is 2.48 bits per heavy atom. The zero-order chi connectivity index (χ0) is 17.1. The first kappa shape index (κ1) is 16.2. The maximum atomic E-state index is 12.3. The van der Waals surface area contributed by atoms with Gasteiger partial charge in [-0.1, -0.05) is 17.7 Å². The van der Waals surface area contributed by atoms with E-state index < -0.39 is 33.6 Å². The van der Waals surface area contributed by atoms with E-state index in [4.69, 9.17) is 16.7 Å². The molecule has 0 bridgehead atoms. The molecule has 8 nitrogen and oxygen atoms in total. The van der Waals surface area contributed by atoms with Crippen LogP contribution in [0.4, 0.5) is 11.4 Å². The van der Waals surface area contributed by atoms with E-state index >= 15 is 0 Å². The first-order valence-corrected chi connectivity index (χ1v) is 6.49. The smallest absolute Gasteiger partial charge is 0.336 e. The second kappa shape index (κ2) is 6.32. The number of nitrogens with one attached hydrogen (secondary N) is 1. The molecule has 0 saturated carbocycles. The van der Waals surface area contributed by atoms with E-state index in [2.05, 4.69) is 5.32 Å². The zero-order valence-corrected chi connectivity index (χ0v) is 12.1. The van der Waals surface area contributed by atoms with Crippen molar-refractivity contribution in [2.45, 2.75) is 0 Å². The molecule has 2 aromatic rings. The normalized spacial score (nSPS) is 10.1. The predicted molar refractivity (Wildman–Crippen MR) is 81.1 cm³/mol. The third-order valence-corrected chi connectivity index (χ3v) is 3.14. The molecule has 0 aromatic heterocycles. The maximum absolute atomic E-state index is 12.3. The van der Waals surface area contributed by atoms with E-state index in [0.29, 0.717) is 0 Å². The Labute approximate surface area is 134 Å². The lowest BCUT2D eigenvalue weighted by Crippen LogP contribution is -2.18. The topological polar surface area (TPSA) is 130 Å². The molecule has 0 aliphatic rings. The summed E-state index contributed by atoms with van der Waals surface area (Å²) in [5.74, 6) is -2.88. The van der Waals surface area contributed by atoms with Crippen LogP contribution in [0.3, 0.4) is 0 Å². The highest BCUT2D eigenvalue weighted by Gasteiger charge is 2.27. The van der Waals surface area contributed by atoms with Gasteiger partial charge < -0.3 is 15.5 Å². The number of nitro benzene ring substituents is 1. The number of hydrogen-bond acceptors (Lipinski definition) is 5. The summed E-state index contributed by atoms with van der Waals surface area (Å²) in [6.07, 6.45) is 0. The molecular formula is C14H9ClN2O6. The van der Waals surface area contributed by atoms with Crippen molar-refractivity contribution in [2.24, 2.45) is 0 Å². The van der Waals surface area contributed by atoms with Crippen LogP contribution in [-0.2, 0) is 0 Å². The van der Waals surface area contributed by atoms with Gasteiger partial charge in [0.15, 0.2) is 0 Å². The average Bonchev–Trinajstić information content (AvgIpc) is 2.49. The van der Waals surface area contributed by atoms with Gasteiger partial charge in [0, 0.05) is 17.2 Å². The number of benzene rings is 2. The van der Waals surface area contributed by atoms with Gasteiger partial charge in [-0.05, 0) is 18.2 Å². The first-order valence-electron chi connectivity index (χ1n) is 6.12. The second-order valence-electron chi connectivity index (χ2n) is 4.38. The average molecular weight is 337 g/mol. The lowest BCUT2D eigenvalue weighted by Gasteiger charge is -2.10. The molecule has 0 unspecified atom stereocenters. The number of carbonyl (C=O) groups is 2. The molecule has 0 saturated heterocycles. The van der Waals surface area contributed by atoms with Crippen molar-refractivity contribution in [2.75, 3.05) is 5.32 Å². The Bertz CT molecular complexity index is 789. The molecular weight excluding hydrogens is 328 g/mol. The number of phenols is 1. The van der Waals surface area contributed by atoms with Crippen LogP contribution in [0, 0.1) is 10.1 Å². The number of carboxylic acids is 1. The number of rotatable bonds is 4. The molecule has 0 radical (unpaired) electrons. The molecule has 3 N–H and O–H groups in total. The fourth-order valence-electron chi connectivity index (χ4n) is 1.90. The molecule has 1 amide bonds. The van der Waals surface area contributed by atoms with Crippen molar-refractivity contribution in [1.29, 1.82) is 0 Å². The number of amides is 1. The van der Waals surface area contributed by atoms with Crippen LogP contribution in [0.1, 0.15) is 20.7 Å². The third-order valence-electron chi connectivity index (χ3n) is 2.90. The molecule has 118 valence electrons. The fourth-order valence-corrected chi connectivity index (χ4v) is 2.07. The zero-order valence-electron chi connectivity index (χ0n) is 11.3. The van der Waals surface area contributed by atoms with Gasteiger partial charge in [-0.2, -0.15) is 0 Å². The Morgan fingerprint density at radius 2 is 1.91 bits per heavy atom. The SMILES string of the molecule is O=C(O)c1cccc([N+](=O)[O-])c1C(=O)Nc1ccc(Cl)cc1O. The summed E-state index contributed by atoms with van der Waals surface area (Å²) < 4.78 is 0. The first-order chi connectivity index (χ1) is 10.8. The minimum Gasteiger partial charge on any atom is -0.506 e. The summed E-state index contributed by atoms with van der Waals surface area (Å²) in [6.45, 7) is 0. The number of aromatic carboxylic acids is 1. The molecule has 0 heterocycles. The van der Waals surface area contributed by atoms with E-state index in [-0.39, 0.29) is 16.5 Å². The van der Waals surface area contributed by atoms with Crippen molar-refractivity contribution < 1.29 is 24.7 Å². The molecule has 9 heteroatoms. The summed E-state index contributed by atoms with van der Waals surface area (Å²) >= 11 is 5.66. The number of carboxylic acid groups (broad SMARTS) is 1. The largest absolute Gasteiger partial charge is 0.506 e. The van der Waals surface area contributed by atoms with Gasteiger partial charge in [0.1, 0.15) is 11.3 Å². The van der Waals surface area contributed by atoms with E-state index in [9.17, 15) is 24.8 Å². The Balaban J connectivity index is 2.50. The summed E-state index contributed by atoms with van der Waals surface area (Å²) in [4.78, 5) is 33.6. The highest BCUT2D eigenvalue weighted by Crippen LogP contribution is 2.29. The van der Waals surface area contributed by atoms with E-state index in [1.54, 1.807) is 0 Å². The minimum atomic E-state index is -1.49. The van der Waals surface area contributed by atoms with Gasteiger partial charge in [-0.25, -0.2) is 4.79 Å². The van der Waals surface area contributed by atoms with Crippen LogP contribution in [0.25, 0.3) is 0 Å². The van der Waals surface area contributed by atoms with Gasteiger partial charge in [0.2, 0.25) is 0 Å². The Morgan fingerprint density at radius 1 is 1.22 bits per heavy atom. The van der Waals surface area contributed by atoms with E-state index in [0.717, 1.165) is 24.3 Å². The number of carbonyl (C=O) groups excluding carboxylic acids is 1. The number of anilines is 1. The number of phenolic OH excluding ortho intramolecular Hbond substituents is 1. The summed E-state index contributed by atoms with van der Waals surface area (Å²) in [6, 6.07) is 7.08. The Kier molecular flexibility index (Phi) is 4.47. The van der Waals surface area contributed by atoms with Crippen molar-refractivity contribution in [3.63, 3.8) is 0 Å². The number of halogens is 1. The van der Waals surface area contributed by atoms with Crippen LogP contribution in [0.2, 0.25) is 5.02 Å². The number of nitro groups is 1. The van der Waals surface area contributed by atoms with Crippen LogP contribution in [-0.4, -0.2) is 27.0 Å². The summed E-state index contributed by atoms with van der Waals surface area (Å²) in [5.41, 5.74) is -1.85. The monoisotopic (exact) mass is 336 g/mol. The minimum absolute atomic E-state index is 0.0612. The van der Waals surface area contributed by atoms with E-state index in [1.165, 1.54) is 12.1 Å². The van der Waals surface area contributed by atoms with Gasteiger partial charge >= 0.3 is 5.97 Å². The van der Waals surface area contributed by atoms with Gasteiger partial charge in [0.05, 0.1) is 16.2 Å². The predicted octanol–water partition coefficient (Wildman–Crippen LogP) is 2.90. The number of nitrogens with zero attached hydrogens (tertiary/aromatic N) is 1. The quantitative estimate of drug-likeness (QED) is 0.447. The maximum Gasteiger partial charge on any atom is 0.336 e. The molecule has 0 atom stereocenters. The molecule has 0 fully saturated rings. The number of hydrogen-bond donors (Lipinski definition) is 3. The summed E-state index contributed by atoms with van der Waals surface area (Å²) in [7, 11) is 0. The van der Waals surface area contributed by atoms with Crippen LogP contribution < -0.4 is 5.32 Å². The van der Waals surface area contributed by atoms with Gasteiger partial charge in [0.25, 0.3) is 11.6 Å². The third kappa shape index (κ3) is 3.38. The van der Waals surface area contributed by atoms with E-state index in [1.807, 2.05) is 0 Å². The highest BCUT2D eigenvalue weighted by atomic mass is 35.5. The molecule has 23 heavy (non-hydrogen) atoms. The lowest BCUT2D eigenvalue weighted by molar-refractivity contribution is -0.385. The Hall–Kier alpha value is -3.13. The molecule has 0 spiro atoms. The van der Waals surface area contributed by atoms with Crippen molar-refractivity contribution in [3.8, 4) is 5.75 Å². The second-order valence-corrected chi connectivity index (χ2v) is 4.81. The highest BCUT2D eigenvalue weighted by molar-refractivity contribution is 6.30.